The SMILES string of the molecule is CC(=O)NN[C@@H](Cc1cnc[nH]1)C(=O)O. The van der Waals surface area contributed by atoms with E-state index in [9.17, 15) is 9.59 Å². The molecule has 0 bridgehead atoms. The number of carboxylic acids is 1. The summed E-state index contributed by atoms with van der Waals surface area (Å²) in [7, 11) is 0. The molecule has 0 saturated heterocycles. The van der Waals surface area contributed by atoms with Crippen LogP contribution < -0.4 is 10.9 Å². The lowest BCUT2D eigenvalue weighted by Crippen LogP contribution is -2.48. The lowest BCUT2D eigenvalue weighted by Gasteiger charge is -2.13. The summed E-state index contributed by atoms with van der Waals surface area (Å²) in [4.78, 5) is 27.9. The number of carbonyl (C=O) groups is 2. The number of aliphatic carboxylic acids is 1. The fourth-order valence-corrected chi connectivity index (χ4v) is 1.01. The van der Waals surface area contributed by atoms with Gasteiger partial charge in [0.2, 0.25) is 5.91 Å². The van der Waals surface area contributed by atoms with Gasteiger partial charge < -0.3 is 10.1 Å². The van der Waals surface area contributed by atoms with Crippen LogP contribution in [0.15, 0.2) is 12.5 Å². The third-order valence-corrected chi connectivity index (χ3v) is 1.70. The number of aromatic amines is 1. The van der Waals surface area contributed by atoms with Crippen molar-refractivity contribution >= 4 is 11.9 Å². The standard InChI is InChI=1S/C8H12N4O3/c1-5(13)11-12-7(8(14)15)2-6-3-9-4-10-6/h3-4,7,12H,2H2,1H3,(H,9,10)(H,11,13)(H,14,15)/t7-/m0/s1. The molecule has 0 aliphatic carbocycles. The zero-order valence-electron chi connectivity index (χ0n) is 8.15. The predicted octanol–water partition coefficient (Wildman–Crippen LogP) is -0.954. The van der Waals surface area contributed by atoms with Gasteiger partial charge in [-0.25, -0.2) is 10.4 Å². The molecule has 0 unspecified atom stereocenters. The van der Waals surface area contributed by atoms with Gasteiger partial charge >= 0.3 is 5.97 Å². The summed E-state index contributed by atoms with van der Waals surface area (Å²) < 4.78 is 0. The molecule has 1 aromatic rings. The Morgan fingerprint density at radius 3 is 2.87 bits per heavy atom. The van der Waals surface area contributed by atoms with E-state index in [1.54, 1.807) is 0 Å². The van der Waals surface area contributed by atoms with Crippen LogP contribution in [-0.2, 0) is 16.0 Å². The van der Waals surface area contributed by atoms with Crippen molar-refractivity contribution in [3.05, 3.63) is 18.2 Å². The molecule has 0 aliphatic heterocycles. The summed E-state index contributed by atoms with van der Waals surface area (Å²) in [6.07, 6.45) is 3.22. The highest BCUT2D eigenvalue weighted by Gasteiger charge is 2.18. The minimum atomic E-state index is -1.04. The molecule has 82 valence electrons. The fraction of sp³-hybridized carbons (Fsp3) is 0.375. The van der Waals surface area contributed by atoms with Gasteiger partial charge in [-0.05, 0) is 0 Å². The van der Waals surface area contributed by atoms with Gasteiger partial charge in [0.1, 0.15) is 6.04 Å². The molecule has 1 atom stereocenters. The summed E-state index contributed by atoms with van der Waals surface area (Å²) in [6, 6.07) is -0.880. The van der Waals surface area contributed by atoms with E-state index in [0.717, 1.165) is 0 Å². The van der Waals surface area contributed by atoms with Crippen molar-refractivity contribution in [1.82, 2.24) is 20.8 Å². The Balaban J connectivity index is 2.51. The van der Waals surface area contributed by atoms with Crippen LogP contribution >= 0.6 is 0 Å². The maximum absolute atomic E-state index is 10.8. The number of carboxylic acid groups (broad SMARTS) is 1. The third kappa shape index (κ3) is 3.77. The molecule has 0 saturated carbocycles. The fourth-order valence-electron chi connectivity index (χ4n) is 1.01. The Bertz CT molecular complexity index is 336. The van der Waals surface area contributed by atoms with Crippen LogP contribution in [-0.4, -0.2) is 33.0 Å². The minimum absolute atomic E-state index is 0.218. The van der Waals surface area contributed by atoms with Gasteiger partial charge in [0.25, 0.3) is 0 Å². The van der Waals surface area contributed by atoms with Crippen LogP contribution in [0, 0.1) is 0 Å². The molecule has 0 fully saturated rings. The molecule has 7 heteroatoms. The van der Waals surface area contributed by atoms with Crippen LogP contribution in [0.25, 0.3) is 0 Å². The predicted molar refractivity (Wildman–Crippen MR) is 50.7 cm³/mol. The number of rotatable bonds is 5. The molecule has 0 aromatic carbocycles. The molecule has 0 aliphatic rings. The van der Waals surface area contributed by atoms with Crippen molar-refractivity contribution in [1.29, 1.82) is 0 Å². The zero-order chi connectivity index (χ0) is 11.3. The molecule has 1 amide bonds. The molecule has 15 heavy (non-hydrogen) atoms. The maximum atomic E-state index is 10.8. The largest absolute Gasteiger partial charge is 0.480 e. The van der Waals surface area contributed by atoms with Gasteiger partial charge in [-0.1, -0.05) is 0 Å². The van der Waals surface area contributed by atoms with Crippen molar-refractivity contribution in [2.75, 3.05) is 0 Å². The average Bonchev–Trinajstić information content (AvgIpc) is 2.63. The molecular weight excluding hydrogens is 200 g/mol. The maximum Gasteiger partial charge on any atom is 0.322 e. The number of imidazole rings is 1. The first kappa shape index (κ1) is 11.2. The monoisotopic (exact) mass is 212 g/mol. The number of nitrogens with one attached hydrogen (secondary N) is 3. The molecule has 1 aromatic heterocycles. The second-order valence-electron chi connectivity index (χ2n) is 3.00. The van der Waals surface area contributed by atoms with E-state index in [1.165, 1.54) is 19.4 Å². The Morgan fingerprint density at radius 2 is 2.40 bits per heavy atom. The number of carbonyl (C=O) groups excluding carboxylic acids is 1. The normalized spacial score (nSPS) is 12.1. The smallest absolute Gasteiger partial charge is 0.322 e. The van der Waals surface area contributed by atoms with Gasteiger partial charge in [0.15, 0.2) is 0 Å². The molecule has 0 spiro atoms. The first-order valence-electron chi connectivity index (χ1n) is 4.31. The van der Waals surface area contributed by atoms with E-state index in [-0.39, 0.29) is 12.3 Å². The number of hydrazine groups is 1. The zero-order valence-corrected chi connectivity index (χ0v) is 8.15. The Labute approximate surface area is 85.9 Å². The van der Waals surface area contributed by atoms with Crippen molar-refractivity contribution in [2.45, 2.75) is 19.4 Å². The first-order valence-corrected chi connectivity index (χ1v) is 4.31. The molecule has 1 rings (SSSR count). The van der Waals surface area contributed by atoms with Gasteiger partial charge in [-0.3, -0.25) is 15.0 Å². The molecule has 7 nitrogen and oxygen atoms in total. The van der Waals surface area contributed by atoms with Gasteiger partial charge in [0.05, 0.1) is 6.33 Å². The lowest BCUT2D eigenvalue weighted by molar-refractivity contribution is -0.140. The van der Waals surface area contributed by atoms with Crippen LogP contribution in [0.3, 0.4) is 0 Å². The second-order valence-corrected chi connectivity index (χ2v) is 3.00. The Hall–Kier alpha value is -1.89. The minimum Gasteiger partial charge on any atom is -0.480 e. The first-order chi connectivity index (χ1) is 7.09. The van der Waals surface area contributed by atoms with E-state index in [2.05, 4.69) is 20.8 Å². The molecule has 0 radical (unpaired) electrons. The highest BCUT2D eigenvalue weighted by Crippen LogP contribution is 1.97. The lowest BCUT2D eigenvalue weighted by atomic mass is 10.2. The topological polar surface area (TPSA) is 107 Å². The van der Waals surface area contributed by atoms with E-state index in [4.69, 9.17) is 5.11 Å². The van der Waals surface area contributed by atoms with Crippen LogP contribution in [0.4, 0.5) is 0 Å². The number of hydrogen-bond acceptors (Lipinski definition) is 4. The quantitative estimate of drug-likeness (QED) is 0.470. The number of H-pyrrole nitrogens is 1. The molecule has 1 heterocycles. The number of nitrogens with zero attached hydrogens (tertiary/aromatic N) is 1. The summed E-state index contributed by atoms with van der Waals surface area (Å²) in [5.41, 5.74) is 5.33. The van der Waals surface area contributed by atoms with Crippen LogP contribution in [0.2, 0.25) is 0 Å². The molecular formula is C8H12N4O3. The van der Waals surface area contributed by atoms with Crippen molar-refractivity contribution in [2.24, 2.45) is 0 Å². The summed E-state index contributed by atoms with van der Waals surface area (Å²) in [5, 5.41) is 8.84. The van der Waals surface area contributed by atoms with Gasteiger partial charge in [-0.2, -0.15) is 0 Å². The Kier molecular flexibility index (Phi) is 3.81. The Morgan fingerprint density at radius 1 is 1.67 bits per heavy atom. The third-order valence-electron chi connectivity index (χ3n) is 1.70. The van der Waals surface area contributed by atoms with Gasteiger partial charge in [-0.15, -0.1) is 0 Å². The van der Waals surface area contributed by atoms with Crippen LogP contribution in [0.1, 0.15) is 12.6 Å². The summed E-state index contributed by atoms with van der Waals surface area (Å²) in [5.74, 6) is -1.38. The molecule has 4 N–H and O–H groups in total. The number of hydrogen-bond donors (Lipinski definition) is 4. The summed E-state index contributed by atoms with van der Waals surface area (Å²) >= 11 is 0. The summed E-state index contributed by atoms with van der Waals surface area (Å²) in [6.45, 7) is 1.29. The van der Waals surface area contributed by atoms with Crippen molar-refractivity contribution < 1.29 is 14.7 Å². The average molecular weight is 212 g/mol. The van der Waals surface area contributed by atoms with E-state index in [1.807, 2.05) is 0 Å². The second kappa shape index (κ2) is 5.11. The highest BCUT2D eigenvalue weighted by atomic mass is 16.4. The van der Waals surface area contributed by atoms with Gasteiger partial charge in [0, 0.05) is 25.2 Å². The van der Waals surface area contributed by atoms with E-state index in [0.29, 0.717) is 5.69 Å². The van der Waals surface area contributed by atoms with Crippen molar-refractivity contribution in [3.63, 3.8) is 0 Å². The van der Waals surface area contributed by atoms with Crippen molar-refractivity contribution in [3.8, 4) is 0 Å². The highest BCUT2D eigenvalue weighted by molar-refractivity contribution is 5.76. The van der Waals surface area contributed by atoms with E-state index >= 15 is 0 Å². The van der Waals surface area contributed by atoms with Crippen LogP contribution in [0.5, 0.6) is 0 Å². The number of amides is 1. The number of aromatic nitrogens is 2. The van der Waals surface area contributed by atoms with E-state index < -0.39 is 12.0 Å².